The third-order valence-corrected chi connectivity index (χ3v) is 6.89. The summed E-state index contributed by atoms with van der Waals surface area (Å²) in [6, 6.07) is 8.11. The fourth-order valence-corrected chi connectivity index (χ4v) is 5.61. The molecule has 2 amide bonds. The van der Waals surface area contributed by atoms with E-state index in [0.29, 0.717) is 6.42 Å². The molecule has 1 aliphatic carbocycles. The number of hydrogen-bond donors (Lipinski definition) is 1. The topological polar surface area (TPSA) is 56.4 Å². The summed E-state index contributed by atoms with van der Waals surface area (Å²) in [7, 11) is 0. The Kier molecular flexibility index (Phi) is 3.65. The van der Waals surface area contributed by atoms with Crippen molar-refractivity contribution >= 4 is 22.7 Å². The van der Waals surface area contributed by atoms with Crippen molar-refractivity contribution in [1.29, 1.82) is 0 Å². The zero-order valence-electron chi connectivity index (χ0n) is 16.1. The van der Waals surface area contributed by atoms with Crippen LogP contribution in [0.15, 0.2) is 24.3 Å². The molecule has 2 fully saturated rings. The van der Waals surface area contributed by atoms with Gasteiger partial charge in [-0.3, -0.25) is 9.59 Å². The first-order valence-corrected chi connectivity index (χ1v) is 10.2. The molecule has 1 saturated heterocycles. The van der Waals surface area contributed by atoms with Crippen LogP contribution in [0.4, 0.5) is 0 Å². The third kappa shape index (κ3) is 2.36. The number of nitrogens with zero attached hydrogens (tertiary/aromatic N) is 2. The first-order valence-electron chi connectivity index (χ1n) is 10.2. The molecule has 5 rings (SSSR count). The second kappa shape index (κ2) is 5.85. The zero-order valence-corrected chi connectivity index (χ0v) is 16.1. The summed E-state index contributed by atoms with van der Waals surface area (Å²) in [4.78, 5) is 34.0. The Morgan fingerprint density at radius 1 is 1.07 bits per heavy atom. The van der Waals surface area contributed by atoms with Crippen LogP contribution in [0.1, 0.15) is 57.2 Å². The predicted octanol–water partition coefficient (Wildman–Crippen LogP) is 3.33. The number of piperazine rings is 1. The SMILES string of the molecule is CC1(C)c2[nH]c3ccccc3c2C[C@H]2C(=O)N(C3CCCCC3)CC(=O)N21. The molecule has 0 radical (unpaired) electrons. The van der Waals surface area contributed by atoms with Crippen LogP contribution in [-0.4, -0.2) is 45.2 Å². The average Bonchev–Trinajstić information content (AvgIpc) is 3.05. The molecule has 142 valence electrons. The van der Waals surface area contributed by atoms with Crippen LogP contribution in [0, 0.1) is 0 Å². The molecule has 2 aliphatic heterocycles. The Morgan fingerprint density at radius 3 is 2.59 bits per heavy atom. The molecule has 0 unspecified atom stereocenters. The second-order valence-electron chi connectivity index (χ2n) is 8.82. The summed E-state index contributed by atoms with van der Waals surface area (Å²) in [5.74, 6) is 0.227. The zero-order chi connectivity index (χ0) is 18.8. The second-order valence-corrected chi connectivity index (χ2v) is 8.82. The first-order chi connectivity index (χ1) is 13.0. The number of hydrogen-bond acceptors (Lipinski definition) is 2. The highest BCUT2D eigenvalue weighted by molar-refractivity contribution is 5.97. The maximum atomic E-state index is 13.5. The van der Waals surface area contributed by atoms with Crippen molar-refractivity contribution in [2.75, 3.05) is 6.54 Å². The van der Waals surface area contributed by atoms with Gasteiger partial charge in [-0.1, -0.05) is 37.5 Å². The highest BCUT2D eigenvalue weighted by atomic mass is 16.2. The van der Waals surface area contributed by atoms with Crippen LogP contribution in [0.3, 0.4) is 0 Å². The Hall–Kier alpha value is -2.30. The summed E-state index contributed by atoms with van der Waals surface area (Å²) in [6.07, 6.45) is 6.25. The van der Waals surface area contributed by atoms with E-state index in [1.165, 1.54) is 17.4 Å². The fourth-order valence-electron chi connectivity index (χ4n) is 5.61. The molecule has 3 aliphatic rings. The van der Waals surface area contributed by atoms with E-state index in [4.69, 9.17) is 0 Å². The number of carbonyl (C=O) groups is 2. The lowest BCUT2D eigenvalue weighted by Gasteiger charge is -2.52. The van der Waals surface area contributed by atoms with E-state index in [9.17, 15) is 9.59 Å². The van der Waals surface area contributed by atoms with E-state index in [0.717, 1.165) is 36.9 Å². The maximum Gasteiger partial charge on any atom is 0.246 e. The van der Waals surface area contributed by atoms with Gasteiger partial charge in [-0.25, -0.2) is 0 Å². The van der Waals surface area contributed by atoms with Gasteiger partial charge in [0.15, 0.2) is 0 Å². The van der Waals surface area contributed by atoms with Crippen LogP contribution in [0.5, 0.6) is 0 Å². The number of para-hydroxylation sites is 1. The summed E-state index contributed by atoms with van der Waals surface area (Å²) >= 11 is 0. The molecule has 3 heterocycles. The van der Waals surface area contributed by atoms with Crippen molar-refractivity contribution in [3.63, 3.8) is 0 Å². The Labute approximate surface area is 159 Å². The van der Waals surface area contributed by atoms with Crippen molar-refractivity contribution in [3.8, 4) is 0 Å². The van der Waals surface area contributed by atoms with Crippen LogP contribution in [-0.2, 0) is 21.5 Å². The van der Waals surface area contributed by atoms with Gasteiger partial charge in [0, 0.05) is 29.1 Å². The minimum atomic E-state index is -0.511. The third-order valence-electron chi connectivity index (χ3n) is 6.89. The molecule has 1 aromatic heterocycles. The van der Waals surface area contributed by atoms with E-state index in [1.807, 2.05) is 21.9 Å². The molecule has 5 heteroatoms. The monoisotopic (exact) mass is 365 g/mol. The van der Waals surface area contributed by atoms with Crippen molar-refractivity contribution in [2.24, 2.45) is 0 Å². The number of nitrogens with one attached hydrogen (secondary N) is 1. The molecular formula is C22H27N3O2. The van der Waals surface area contributed by atoms with Gasteiger partial charge in [0.05, 0.1) is 5.54 Å². The summed E-state index contributed by atoms with van der Waals surface area (Å²) in [5.41, 5.74) is 2.85. The van der Waals surface area contributed by atoms with E-state index in [-0.39, 0.29) is 30.4 Å². The van der Waals surface area contributed by atoms with Crippen molar-refractivity contribution in [2.45, 2.75) is 70.0 Å². The molecule has 0 bridgehead atoms. The molecule has 5 nitrogen and oxygen atoms in total. The molecular weight excluding hydrogens is 338 g/mol. The van der Waals surface area contributed by atoms with Crippen LogP contribution in [0.25, 0.3) is 10.9 Å². The first kappa shape index (κ1) is 16.8. The van der Waals surface area contributed by atoms with Gasteiger partial charge in [-0.15, -0.1) is 0 Å². The highest BCUT2D eigenvalue weighted by Crippen LogP contribution is 2.43. The van der Waals surface area contributed by atoms with Gasteiger partial charge in [0.25, 0.3) is 0 Å². The van der Waals surface area contributed by atoms with Gasteiger partial charge in [-0.05, 0) is 38.3 Å². The Bertz CT molecular complexity index is 923. The highest BCUT2D eigenvalue weighted by Gasteiger charge is 2.52. The molecule has 1 saturated carbocycles. The van der Waals surface area contributed by atoms with Crippen LogP contribution in [0.2, 0.25) is 0 Å². The smallest absolute Gasteiger partial charge is 0.246 e. The van der Waals surface area contributed by atoms with Crippen molar-refractivity contribution in [3.05, 3.63) is 35.5 Å². The molecule has 1 atom stereocenters. The lowest BCUT2D eigenvalue weighted by atomic mass is 9.81. The number of benzene rings is 1. The van der Waals surface area contributed by atoms with E-state index >= 15 is 0 Å². The molecule has 1 aromatic carbocycles. The fraction of sp³-hybridized carbons (Fsp3) is 0.545. The molecule has 0 spiro atoms. The standard InChI is InChI=1S/C22H27N3O2/c1-22(2)20-16(15-10-6-7-11-17(15)23-20)12-18-21(27)24(13-19(26)25(18)22)14-8-4-3-5-9-14/h6-7,10-11,14,18,23H,3-5,8-9,12-13H2,1-2H3/t18-/m0/s1. The van der Waals surface area contributed by atoms with E-state index in [1.54, 1.807) is 0 Å². The van der Waals surface area contributed by atoms with E-state index in [2.05, 4.69) is 31.0 Å². The number of aromatic amines is 1. The lowest BCUT2D eigenvalue weighted by Crippen LogP contribution is -2.68. The number of carbonyl (C=O) groups excluding carboxylic acids is 2. The largest absolute Gasteiger partial charge is 0.356 e. The average molecular weight is 365 g/mol. The minimum Gasteiger partial charge on any atom is -0.356 e. The number of H-pyrrole nitrogens is 1. The normalized spacial score (nSPS) is 25.6. The number of fused-ring (bicyclic) bond motifs is 4. The summed E-state index contributed by atoms with van der Waals surface area (Å²) in [6.45, 7) is 4.36. The lowest BCUT2D eigenvalue weighted by molar-refractivity contribution is -0.166. The van der Waals surface area contributed by atoms with Gasteiger partial charge < -0.3 is 14.8 Å². The maximum absolute atomic E-state index is 13.5. The van der Waals surface area contributed by atoms with Gasteiger partial charge in [0.2, 0.25) is 11.8 Å². The van der Waals surface area contributed by atoms with Gasteiger partial charge in [-0.2, -0.15) is 0 Å². The van der Waals surface area contributed by atoms with Gasteiger partial charge >= 0.3 is 0 Å². The minimum absolute atomic E-state index is 0.0829. The number of amides is 2. The van der Waals surface area contributed by atoms with Crippen molar-refractivity contribution < 1.29 is 9.59 Å². The predicted molar refractivity (Wildman–Crippen MR) is 104 cm³/mol. The molecule has 27 heavy (non-hydrogen) atoms. The number of aromatic nitrogens is 1. The van der Waals surface area contributed by atoms with Crippen LogP contribution < -0.4 is 0 Å². The summed E-state index contributed by atoms with van der Waals surface area (Å²) in [5, 5.41) is 1.18. The summed E-state index contributed by atoms with van der Waals surface area (Å²) < 4.78 is 0. The molecule has 1 N–H and O–H groups in total. The quantitative estimate of drug-likeness (QED) is 0.843. The number of rotatable bonds is 1. The molecule has 2 aromatic rings. The Morgan fingerprint density at radius 2 is 1.81 bits per heavy atom. The van der Waals surface area contributed by atoms with Crippen molar-refractivity contribution in [1.82, 2.24) is 14.8 Å². The van der Waals surface area contributed by atoms with E-state index < -0.39 is 5.54 Å². The van der Waals surface area contributed by atoms with Gasteiger partial charge in [0.1, 0.15) is 12.6 Å². The Balaban J connectivity index is 1.58. The van der Waals surface area contributed by atoms with Crippen LogP contribution >= 0.6 is 0 Å².